The topological polar surface area (TPSA) is 68.5 Å². The highest BCUT2D eigenvalue weighted by atomic mass is 16.5. The average molecular weight is 309 g/mol. The summed E-state index contributed by atoms with van der Waals surface area (Å²) in [4.78, 5) is 23.1. The monoisotopic (exact) mass is 309 g/mol. The summed E-state index contributed by atoms with van der Waals surface area (Å²) < 4.78 is 10.6. The van der Waals surface area contributed by atoms with Gasteiger partial charge in [0.2, 0.25) is 5.91 Å². The quantitative estimate of drug-likeness (QED) is 0.753. The van der Waals surface area contributed by atoms with Gasteiger partial charge in [-0.25, -0.2) is 4.79 Å². The fraction of sp³-hybridized carbons (Fsp3) is 0.111. The molecule has 0 aliphatic heterocycles. The number of hydrogen-bond donors (Lipinski definition) is 1. The Balaban J connectivity index is 2.25. The third-order valence-electron chi connectivity index (χ3n) is 3.46. The van der Waals surface area contributed by atoms with Crippen LogP contribution < -0.4 is 15.7 Å². The summed E-state index contributed by atoms with van der Waals surface area (Å²) in [6.45, 7) is 1.42. The second-order valence-corrected chi connectivity index (χ2v) is 5.07. The molecule has 1 N–H and O–H groups in total. The van der Waals surface area contributed by atoms with Crippen molar-refractivity contribution in [3.8, 4) is 16.9 Å². The van der Waals surface area contributed by atoms with Gasteiger partial charge in [0.05, 0.1) is 7.11 Å². The van der Waals surface area contributed by atoms with Crippen LogP contribution in [0, 0.1) is 0 Å². The summed E-state index contributed by atoms with van der Waals surface area (Å²) >= 11 is 0. The zero-order valence-electron chi connectivity index (χ0n) is 12.8. The molecule has 3 aromatic rings. The van der Waals surface area contributed by atoms with Gasteiger partial charge in [0.25, 0.3) is 0 Å². The third kappa shape index (κ3) is 2.94. The molecular weight excluding hydrogens is 294 g/mol. The lowest BCUT2D eigenvalue weighted by Crippen LogP contribution is -2.06. The van der Waals surface area contributed by atoms with Gasteiger partial charge in [-0.2, -0.15) is 0 Å². The first kappa shape index (κ1) is 14.8. The van der Waals surface area contributed by atoms with Crippen molar-refractivity contribution in [3.05, 3.63) is 59.0 Å². The summed E-state index contributed by atoms with van der Waals surface area (Å²) in [6, 6.07) is 14.1. The van der Waals surface area contributed by atoms with Crippen molar-refractivity contribution in [1.82, 2.24) is 0 Å². The molecule has 0 saturated carbocycles. The molecule has 1 aromatic heterocycles. The number of carbonyl (C=O) groups excluding carboxylic acids is 1. The summed E-state index contributed by atoms with van der Waals surface area (Å²) in [7, 11) is 1.58. The van der Waals surface area contributed by atoms with Gasteiger partial charge in [-0.05, 0) is 18.2 Å². The zero-order chi connectivity index (χ0) is 16.4. The fourth-order valence-corrected chi connectivity index (χ4v) is 2.53. The van der Waals surface area contributed by atoms with Gasteiger partial charge in [-0.1, -0.05) is 18.2 Å². The molecule has 0 atom stereocenters. The van der Waals surface area contributed by atoms with Gasteiger partial charge in [-0.3, -0.25) is 4.79 Å². The zero-order valence-corrected chi connectivity index (χ0v) is 12.8. The number of ether oxygens (including phenoxy) is 1. The first-order chi connectivity index (χ1) is 11.1. The first-order valence-corrected chi connectivity index (χ1v) is 7.07. The molecule has 0 fully saturated rings. The van der Waals surface area contributed by atoms with E-state index >= 15 is 0 Å². The molecule has 2 aromatic carbocycles. The molecular formula is C18H15NO4. The Labute approximate surface area is 132 Å². The minimum atomic E-state index is -0.460. The molecule has 0 unspecified atom stereocenters. The normalized spacial score (nSPS) is 10.5. The van der Waals surface area contributed by atoms with Crippen molar-refractivity contribution < 1.29 is 13.9 Å². The standard InChI is InChI=1S/C18H15NO4/c1-11(20)19-12-7-8-14-15(10-18(21)23-17(14)9-12)13-5-3-4-6-16(13)22-2/h3-10H,1-2H3,(H,19,20). The second-order valence-electron chi connectivity index (χ2n) is 5.07. The van der Waals surface area contributed by atoms with Crippen molar-refractivity contribution >= 4 is 22.6 Å². The van der Waals surface area contributed by atoms with Crippen LogP contribution in [0.15, 0.2) is 57.7 Å². The minimum absolute atomic E-state index is 0.187. The number of nitrogens with one attached hydrogen (secondary N) is 1. The molecule has 23 heavy (non-hydrogen) atoms. The maximum Gasteiger partial charge on any atom is 0.336 e. The lowest BCUT2D eigenvalue weighted by Gasteiger charge is -2.11. The average Bonchev–Trinajstić information content (AvgIpc) is 2.53. The summed E-state index contributed by atoms with van der Waals surface area (Å²) in [5.41, 5.74) is 2.05. The van der Waals surface area contributed by atoms with E-state index in [0.29, 0.717) is 17.0 Å². The maximum atomic E-state index is 11.9. The van der Waals surface area contributed by atoms with E-state index in [1.54, 1.807) is 19.2 Å². The SMILES string of the molecule is COc1ccccc1-c1cc(=O)oc2cc(NC(C)=O)ccc12. The van der Waals surface area contributed by atoms with Gasteiger partial charge in [0.1, 0.15) is 11.3 Å². The number of methoxy groups -OCH3 is 1. The van der Waals surface area contributed by atoms with Crippen molar-refractivity contribution in [2.24, 2.45) is 0 Å². The van der Waals surface area contributed by atoms with E-state index < -0.39 is 5.63 Å². The van der Waals surface area contributed by atoms with E-state index in [9.17, 15) is 9.59 Å². The number of hydrogen-bond acceptors (Lipinski definition) is 4. The van der Waals surface area contributed by atoms with Crippen LogP contribution in [-0.4, -0.2) is 13.0 Å². The number of fused-ring (bicyclic) bond motifs is 1. The Morgan fingerprint density at radius 2 is 1.87 bits per heavy atom. The van der Waals surface area contributed by atoms with E-state index in [2.05, 4.69) is 5.32 Å². The van der Waals surface area contributed by atoms with E-state index in [4.69, 9.17) is 9.15 Å². The van der Waals surface area contributed by atoms with E-state index in [-0.39, 0.29) is 5.91 Å². The van der Waals surface area contributed by atoms with Crippen LogP contribution in [-0.2, 0) is 4.79 Å². The van der Waals surface area contributed by atoms with Gasteiger partial charge in [-0.15, -0.1) is 0 Å². The van der Waals surface area contributed by atoms with Crippen molar-refractivity contribution in [1.29, 1.82) is 0 Å². The number of benzene rings is 2. The molecule has 3 rings (SSSR count). The van der Waals surface area contributed by atoms with Crippen LogP contribution in [0.5, 0.6) is 5.75 Å². The molecule has 0 aliphatic rings. The van der Waals surface area contributed by atoms with Crippen molar-refractivity contribution in [3.63, 3.8) is 0 Å². The largest absolute Gasteiger partial charge is 0.496 e. The summed E-state index contributed by atoms with van der Waals surface area (Å²) in [5.74, 6) is 0.484. The van der Waals surface area contributed by atoms with Crippen LogP contribution in [0.1, 0.15) is 6.92 Å². The highest BCUT2D eigenvalue weighted by Crippen LogP contribution is 2.34. The molecule has 0 bridgehead atoms. The summed E-state index contributed by atoms with van der Waals surface area (Å²) in [6.07, 6.45) is 0. The van der Waals surface area contributed by atoms with Gasteiger partial charge < -0.3 is 14.5 Å². The highest BCUT2D eigenvalue weighted by molar-refractivity contribution is 5.98. The predicted octanol–water partition coefficient (Wildman–Crippen LogP) is 3.43. The maximum absolute atomic E-state index is 11.9. The Bertz CT molecular complexity index is 943. The number of amides is 1. The minimum Gasteiger partial charge on any atom is -0.496 e. The third-order valence-corrected chi connectivity index (χ3v) is 3.46. The van der Waals surface area contributed by atoms with Gasteiger partial charge >= 0.3 is 5.63 Å². The van der Waals surface area contributed by atoms with E-state index in [1.165, 1.54) is 13.0 Å². The van der Waals surface area contributed by atoms with Crippen LogP contribution >= 0.6 is 0 Å². The Morgan fingerprint density at radius 1 is 1.09 bits per heavy atom. The molecule has 116 valence electrons. The molecule has 0 saturated heterocycles. The molecule has 0 radical (unpaired) electrons. The van der Waals surface area contributed by atoms with Gasteiger partial charge in [0.15, 0.2) is 0 Å². The van der Waals surface area contributed by atoms with E-state index in [1.807, 2.05) is 30.3 Å². The highest BCUT2D eigenvalue weighted by Gasteiger charge is 2.12. The number of para-hydroxylation sites is 1. The number of anilines is 1. The van der Waals surface area contributed by atoms with Crippen LogP contribution in [0.2, 0.25) is 0 Å². The van der Waals surface area contributed by atoms with E-state index in [0.717, 1.165) is 16.5 Å². The fourth-order valence-electron chi connectivity index (χ4n) is 2.53. The first-order valence-electron chi connectivity index (χ1n) is 7.07. The molecule has 5 nitrogen and oxygen atoms in total. The molecule has 1 heterocycles. The predicted molar refractivity (Wildman–Crippen MR) is 88.8 cm³/mol. The lowest BCUT2D eigenvalue weighted by atomic mass is 10.0. The number of rotatable bonds is 3. The number of carbonyl (C=O) groups is 1. The lowest BCUT2D eigenvalue weighted by molar-refractivity contribution is -0.114. The molecule has 0 aliphatic carbocycles. The van der Waals surface area contributed by atoms with Crippen molar-refractivity contribution in [2.45, 2.75) is 6.92 Å². The Kier molecular flexibility index (Phi) is 3.85. The van der Waals surface area contributed by atoms with Crippen molar-refractivity contribution in [2.75, 3.05) is 12.4 Å². The molecule has 0 spiro atoms. The smallest absolute Gasteiger partial charge is 0.336 e. The second kappa shape index (κ2) is 5.96. The van der Waals surface area contributed by atoms with Crippen LogP contribution in [0.25, 0.3) is 22.1 Å². The molecule has 5 heteroatoms. The Morgan fingerprint density at radius 3 is 2.61 bits per heavy atom. The van der Waals surface area contributed by atoms with Crippen LogP contribution in [0.4, 0.5) is 5.69 Å². The van der Waals surface area contributed by atoms with Crippen LogP contribution in [0.3, 0.4) is 0 Å². The Hall–Kier alpha value is -3.08. The van der Waals surface area contributed by atoms with Gasteiger partial charge in [0, 0.05) is 41.3 Å². The summed E-state index contributed by atoms with van der Waals surface area (Å²) in [5, 5.41) is 3.44. The molecule has 1 amide bonds.